The van der Waals surface area contributed by atoms with Crippen molar-refractivity contribution >= 4 is 22.6 Å². The predicted octanol–water partition coefficient (Wildman–Crippen LogP) is 4.16. The Bertz CT molecular complexity index is 1010. The van der Waals surface area contributed by atoms with Crippen molar-refractivity contribution in [3.63, 3.8) is 0 Å². The maximum Gasteiger partial charge on any atom is 0.174 e. The molecule has 27 heavy (non-hydrogen) atoms. The molecule has 5 nitrogen and oxygen atoms in total. The zero-order valence-corrected chi connectivity index (χ0v) is 15.8. The molecule has 1 atom stereocenters. The number of amidine groups is 1. The van der Waals surface area contributed by atoms with Gasteiger partial charge in [0, 0.05) is 5.41 Å². The summed E-state index contributed by atoms with van der Waals surface area (Å²) in [5.41, 5.74) is 10.9. The van der Waals surface area contributed by atoms with E-state index >= 15 is 0 Å². The van der Waals surface area contributed by atoms with Crippen LogP contribution in [0, 0.1) is 18.3 Å². The molecule has 2 heterocycles. The number of thioether (sulfide) groups is 1. The van der Waals surface area contributed by atoms with Crippen molar-refractivity contribution in [1.82, 2.24) is 4.90 Å². The molecule has 2 aliphatic rings. The van der Waals surface area contributed by atoms with Crippen molar-refractivity contribution in [1.29, 1.82) is 5.26 Å². The Balaban J connectivity index is 1.73. The Morgan fingerprint density at radius 1 is 1.15 bits per heavy atom. The maximum absolute atomic E-state index is 9.77. The smallest absolute Gasteiger partial charge is 0.174 e. The minimum absolute atomic E-state index is 0.377. The van der Waals surface area contributed by atoms with Gasteiger partial charge >= 0.3 is 0 Å². The van der Waals surface area contributed by atoms with E-state index in [4.69, 9.17) is 15.5 Å². The van der Waals surface area contributed by atoms with E-state index in [-0.39, 0.29) is 6.04 Å². The summed E-state index contributed by atoms with van der Waals surface area (Å²) in [6, 6.07) is 17.7. The first kappa shape index (κ1) is 17.3. The van der Waals surface area contributed by atoms with E-state index in [1.165, 1.54) is 11.8 Å². The zero-order valence-electron chi connectivity index (χ0n) is 15.0. The minimum Gasteiger partial charge on any atom is -0.497 e. The Morgan fingerprint density at radius 3 is 2.48 bits per heavy atom. The first-order valence-electron chi connectivity index (χ1n) is 8.48. The molecule has 1 unspecified atom stereocenters. The number of benzene rings is 2. The maximum atomic E-state index is 9.77. The summed E-state index contributed by atoms with van der Waals surface area (Å²) in [5, 5.41) is 12.6. The SMILES string of the molecule is COc1ccc(C2=CSC3=NC(c4ccc(C)cc4)C(C#N)=C(N)N23)cc1. The number of aliphatic imine (C=N–C) groups is 1. The molecule has 4 rings (SSSR count). The summed E-state index contributed by atoms with van der Waals surface area (Å²) in [6.07, 6.45) is 0. The van der Waals surface area contributed by atoms with Gasteiger partial charge in [0.15, 0.2) is 5.17 Å². The molecule has 0 bridgehead atoms. The number of hydrogen-bond donors (Lipinski definition) is 1. The minimum atomic E-state index is -0.377. The van der Waals surface area contributed by atoms with Gasteiger partial charge in [-0.15, -0.1) is 0 Å². The Hall–Kier alpha value is -3.17. The van der Waals surface area contributed by atoms with Crippen LogP contribution < -0.4 is 10.5 Å². The summed E-state index contributed by atoms with van der Waals surface area (Å²) >= 11 is 1.52. The molecule has 2 N–H and O–H groups in total. The molecule has 2 aromatic carbocycles. The van der Waals surface area contributed by atoms with Gasteiger partial charge in [0.2, 0.25) is 0 Å². The van der Waals surface area contributed by atoms with Crippen LogP contribution in [-0.2, 0) is 0 Å². The highest BCUT2D eigenvalue weighted by molar-refractivity contribution is 8.16. The lowest BCUT2D eigenvalue weighted by Crippen LogP contribution is -2.33. The van der Waals surface area contributed by atoms with E-state index in [0.717, 1.165) is 33.3 Å². The average molecular weight is 374 g/mol. The molecule has 0 saturated heterocycles. The molecule has 134 valence electrons. The molecule has 0 saturated carbocycles. The summed E-state index contributed by atoms with van der Waals surface area (Å²) < 4.78 is 5.23. The van der Waals surface area contributed by atoms with Crippen LogP contribution in [0.15, 0.2) is 70.3 Å². The third-order valence-electron chi connectivity index (χ3n) is 4.64. The van der Waals surface area contributed by atoms with Crippen LogP contribution in [0.1, 0.15) is 22.7 Å². The van der Waals surface area contributed by atoms with Crippen LogP contribution in [0.25, 0.3) is 5.70 Å². The van der Waals surface area contributed by atoms with Gasteiger partial charge in [-0.1, -0.05) is 41.6 Å². The van der Waals surface area contributed by atoms with Crippen molar-refractivity contribution in [3.8, 4) is 11.8 Å². The van der Waals surface area contributed by atoms with Gasteiger partial charge in [-0.3, -0.25) is 4.90 Å². The van der Waals surface area contributed by atoms with Crippen molar-refractivity contribution in [3.05, 3.63) is 82.0 Å². The van der Waals surface area contributed by atoms with Crippen molar-refractivity contribution < 1.29 is 4.74 Å². The first-order chi connectivity index (χ1) is 13.1. The number of nitriles is 1. The zero-order chi connectivity index (χ0) is 19.0. The van der Waals surface area contributed by atoms with E-state index in [9.17, 15) is 5.26 Å². The molecule has 2 aliphatic heterocycles. The van der Waals surface area contributed by atoms with Crippen LogP contribution in [0.4, 0.5) is 0 Å². The van der Waals surface area contributed by atoms with Gasteiger partial charge in [-0.2, -0.15) is 5.26 Å². The highest BCUT2D eigenvalue weighted by Crippen LogP contribution is 2.43. The third-order valence-corrected chi connectivity index (χ3v) is 5.48. The van der Waals surface area contributed by atoms with Gasteiger partial charge in [0.1, 0.15) is 23.7 Å². The second-order valence-electron chi connectivity index (χ2n) is 6.32. The predicted molar refractivity (Wildman–Crippen MR) is 109 cm³/mol. The molecule has 0 aromatic heterocycles. The van der Waals surface area contributed by atoms with Crippen LogP contribution >= 0.6 is 11.8 Å². The van der Waals surface area contributed by atoms with Gasteiger partial charge in [-0.25, -0.2) is 4.99 Å². The molecule has 0 spiro atoms. The topological polar surface area (TPSA) is 74.6 Å². The Morgan fingerprint density at radius 2 is 1.85 bits per heavy atom. The van der Waals surface area contributed by atoms with E-state index in [1.807, 2.05) is 65.8 Å². The highest BCUT2D eigenvalue weighted by Gasteiger charge is 2.35. The highest BCUT2D eigenvalue weighted by atomic mass is 32.2. The van der Waals surface area contributed by atoms with Gasteiger partial charge < -0.3 is 10.5 Å². The number of fused-ring (bicyclic) bond motifs is 1. The van der Waals surface area contributed by atoms with Crippen molar-refractivity contribution in [2.45, 2.75) is 13.0 Å². The number of hydrogen-bond acceptors (Lipinski definition) is 6. The molecular weight excluding hydrogens is 356 g/mol. The number of aryl methyl sites for hydroxylation is 1. The number of nitrogens with two attached hydrogens (primary N) is 1. The van der Waals surface area contributed by atoms with E-state index in [0.29, 0.717) is 11.4 Å². The normalized spacial score (nSPS) is 18.6. The lowest BCUT2D eigenvalue weighted by atomic mass is 9.97. The molecular formula is C21H18N4OS. The second-order valence-corrected chi connectivity index (χ2v) is 7.16. The number of methoxy groups -OCH3 is 1. The van der Waals surface area contributed by atoms with E-state index < -0.39 is 0 Å². The Labute approximate surface area is 162 Å². The standard InChI is InChI=1S/C21H18N4OS/c1-13-3-5-15(6-4-13)19-17(11-22)20(23)25-18(12-27-21(25)24-19)14-7-9-16(26-2)10-8-14/h3-10,12,19H,23H2,1-2H3. The first-order valence-corrected chi connectivity index (χ1v) is 9.36. The molecule has 0 amide bonds. The average Bonchev–Trinajstić information content (AvgIpc) is 3.13. The molecule has 0 aliphatic carbocycles. The summed E-state index contributed by atoms with van der Waals surface area (Å²) in [5.74, 6) is 1.22. The lowest BCUT2D eigenvalue weighted by Gasteiger charge is -2.30. The van der Waals surface area contributed by atoms with Crippen molar-refractivity contribution in [2.75, 3.05) is 7.11 Å². The summed E-state index contributed by atoms with van der Waals surface area (Å²) in [4.78, 5) is 6.68. The number of nitrogens with zero attached hydrogens (tertiary/aromatic N) is 3. The van der Waals surface area contributed by atoms with Crippen LogP contribution in [-0.4, -0.2) is 17.2 Å². The fourth-order valence-corrected chi connectivity index (χ4v) is 4.07. The van der Waals surface area contributed by atoms with E-state index in [2.05, 4.69) is 6.07 Å². The summed E-state index contributed by atoms with van der Waals surface area (Å²) in [6.45, 7) is 2.03. The lowest BCUT2D eigenvalue weighted by molar-refractivity contribution is 0.414. The molecule has 0 radical (unpaired) electrons. The number of rotatable bonds is 3. The quantitative estimate of drug-likeness (QED) is 0.873. The molecule has 2 aromatic rings. The van der Waals surface area contributed by atoms with Crippen molar-refractivity contribution in [2.24, 2.45) is 10.7 Å². The number of ether oxygens (including phenoxy) is 1. The van der Waals surface area contributed by atoms with Crippen LogP contribution in [0.5, 0.6) is 5.75 Å². The van der Waals surface area contributed by atoms with Crippen LogP contribution in [0.2, 0.25) is 0 Å². The van der Waals surface area contributed by atoms with Gasteiger partial charge in [-0.05, 0) is 42.3 Å². The second kappa shape index (κ2) is 6.86. The molecule has 6 heteroatoms. The largest absolute Gasteiger partial charge is 0.497 e. The summed E-state index contributed by atoms with van der Waals surface area (Å²) in [7, 11) is 1.64. The van der Waals surface area contributed by atoms with Gasteiger partial charge in [0.25, 0.3) is 0 Å². The molecule has 0 fully saturated rings. The van der Waals surface area contributed by atoms with Gasteiger partial charge in [0.05, 0.1) is 18.4 Å². The Kier molecular flexibility index (Phi) is 4.38. The fourth-order valence-electron chi connectivity index (χ4n) is 3.14. The fraction of sp³-hybridized carbons (Fsp3) is 0.143. The van der Waals surface area contributed by atoms with E-state index in [1.54, 1.807) is 7.11 Å². The van der Waals surface area contributed by atoms with Crippen LogP contribution in [0.3, 0.4) is 0 Å². The third kappa shape index (κ3) is 2.96. The monoisotopic (exact) mass is 374 g/mol.